The van der Waals surface area contributed by atoms with E-state index in [0.29, 0.717) is 13.0 Å². The molecule has 1 aliphatic heterocycles. The minimum absolute atomic E-state index is 0.268. The van der Waals surface area contributed by atoms with Crippen LogP contribution in [-0.2, 0) is 14.3 Å². The first-order chi connectivity index (χ1) is 7.94. The van der Waals surface area contributed by atoms with Crippen LogP contribution < -0.4 is 4.90 Å². The van der Waals surface area contributed by atoms with Gasteiger partial charge in [0.1, 0.15) is 5.82 Å². The summed E-state index contributed by atoms with van der Waals surface area (Å²) in [5.41, 5.74) is 0. The SMILES string of the molecule is CS(=O)(=O)O[C@@H]1CCN(c2ccc(Br)cn2)C1. The molecule has 1 aliphatic rings. The molecular weight excluding hydrogens is 308 g/mol. The Labute approximate surface area is 109 Å². The molecule has 0 amide bonds. The lowest BCUT2D eigenvalue weighted by molar-refractivity contribution is 0.234. The van der Waals surface area contributed by atoms with Gasteiger partial charge in [0, 0.05) is 23.8 Å². The molecule has 0 aromatic carbocycles. The van der Waals surface area contributed by atoms with Gasteiger partial charge < -0.3 is 4.90 Å². The Balaban J connectivity index is 2.00. The van der Waals surface area contributed by atoms with Gasteiger partial charge in [0.2, 0.25) is 0 Å². The number of rotatable bonds is 3. The minimum Gasteiger partial charge on any atom is -0.354 e. The molecule has 1 saturated heterocycles. The quantitative estimate of drug-likeness (QED) is 0.788. The topological polar surface area (TPSA) is 59.5 Å². The molecule has 0 saturated carbocycles. The van der Waals surface area contributed by atoms with Crippen molar-refractivity contribution >= 4 is 31.9 Å². The summed E-state index contributed by atoms with van der Waals surface area (Å²) in [6.45, 7) is 1.32. The molecule has 2 heterocycles. The van der Waals surface area contributed by atoms with Gasteiger partial charge in [0.05, 0.1) is 12.4 Å². The molecule has 94 valence electrons. The van der Waals surface area contributed by atoms with Gasteiger partial charge in [-0.2, -0.15) is 8.42 Å². The molecule has 1 atom stereocenters. The summed E-state index contributed by atoms with van der Waals surface area (Å²) in [5.74, 6) is 0.841. The number of aromatic nitrogens is 1. The van der Waals surface area contributed by atoms with Crippen molar-refractivity contribution in [2.45, 2.75) is 12.5 Å². The fourth-order valence-electron chi connectivity index (χ4n) is 1.82. The monoisotopic (exact) mass is 320 g/mol. The van der Waals surface area contributed by atoms with Crippen molar-refractivity contribution in [3.63, 3.8) is 0 Å². The molecule has 1 aromatic rings. The van der Waals surface area contributed by atoms with Crippen LogP contribution in [0.4, 0.5) is 5.82 Å². The van der Waals surface area contributed by atoms with Gasteiger partial charge in [-0.25, -0.2) is 4.98 Å². The first-order valence-electron chi connectivity index (χ1n) is 5.19. The van der Waals surface area contributed by atoms with E-state index in [0.717, 1.165) is 23.1 Å². The highest BCUT2D eigenvalue weighted by atomic mass is 79.9. The average molecular weight is 321 g/mol. The predicted molar refractivity (Wildman–Crippen MR) is 68.5 cm³/mol. The molecule has 7 heteroatoms. The molecular formula is C10H13BrN2O3S. The van der Waals surface area contributed by atoms with Gasteiger partial charge in [-0.05, 0) is 34.5 Å². The molecule has 1 aromatic heterocycles. The zero-order chi connectivity index (χ0) is 12.5. The van der Waals surface area contributed by atoms with Crippen molar-refractivity contribution in [3.05, 3.63) is 22.8 Å². The van der Waals surface area contributed by atoms with Crippen LogP contribution in [0.15, 0.2) is 22.8 Å². The van der Waals surface area contributed by atoms with Crippen molar-refractivity contribution in [2.24, 2.45) is 0 Å². The minimum atomic E-state index is -3.37. The first-order valence-corrected chi connectivity index (χ1v) is 7.80. The highest BCUT2D eigenvalue weighted by Crippen LogP contribution is 2.21. The first kappa shape index (κ1) is 12.8. The van der Waals surface area contributed by atoms with E-state index in [1.165, 1.54) is 0 Å². The van der Waals surface area contributed by atoms with Gasteiger partial charge in [-0.1, -0.05) is 0 Å². The summed E-state index contributed by atoms with van der Waals surface area (Å²) in [7, 11) is -3.37. The Morgan fingerprint density at radius 3 is 2.88 bits per heavy atom. The second kappa shape index (κ2) is 4.91. The Bertz CT molecular complexity index is 489. The smallest absolute Gasteiger partial charge is 0.264 e. The van der Waals surface area contributed by atoms with Crippen molar-refractivity contribution in [2.75, 3.05) is 24.2 Å². The largest absolute Gasteiger partial charge is 0.354 e. The number of hydrogen-bond acceptors (Lipinski definition) is 5. The van der Waals surface area contributed by atoms with Crippen LogP contribution in [0.1, 0.15) is 6.42 Å². The lowest BCUT2D eigenvalue weighted by atomic mass is 10.3. The maximum atomic E-state index is 11.0. The number of anilines is 1. The van der Waals surface area contributed by atoms with E-state index in [9.17, 15) is 8.42 Å². The molecule has 1 fully saturated rings. The molecule has 5 nitrogen and oxygen atoms in total. The highest BCUT2D eigenvalue weighted by Gasteiger charge is 2.26. The van der Waals surface area contributed by atoms with Crippen molar-refractivity contribution < 1.29 is 12.6 Å². The lowest BCUT2D eigenvalue weighted by Crippen LogP contribution is -2.25. The third kappa shape index (κ3) is 3.65. The summed E-state index contributed by atoms with van der Waals surface area (Å²) in [6.07, 6.45) is 3.23. The fraction of sp³-hybridized carbons (Fsp3) is 0.500. The van der Waals surface area contributed by atoms with E-state index in [1.807, 2.05) is 17.0 Å². The van der Waals surface area contributed by atoms with E-state index in [4.69, 9.17) is 4.18 Å². The maximum absolute atomic E-state index is 11.0. The normalized spacial score (nSPS) is 20.8. The van der Waals surface area contributed by atoms with Gasteiger partial charge in [-0.15, -0.1) is 0 Å². The van der Waals surface area contributed by atoms with Crippen LogP contribution in [0, 0.1) is 0 Å². The second-order valence-electron chi connectivity index (χ2n) is 3.99. The Kier molecular flexibility index (Phi) is 3.70. The predicted octanol–water partition coefficient (Wildman–Crippen LogP) is 1.40. The van der Waals surface area contributed by atoms with Crippen LogP contribution in [0.3, 0.4) is 0 Å². The summed E-state index contributed by atoms with van der Waals surface area (Å²) in [4.78, 5) is 6.28. The summed E-state index contributed by atoms with van der Waals surface area (Å²) >= 11 is 3.32. The molecule has 17 heavy (non-hydrogen) atoms. The standard InChI is InChI=1S/C10H13BrN2O3S/c1-17(14,15)16-9-4-5-13(7-9)10-3-2-8(11)6-12-10/h2-3,6,9H,4-5,7H2,1H3/t9-/m1/s1. The molecule has 0 unspecified atom stereocenters. The summed E-state index contributed by atoms with van der Waals surface area (Å²) in [5, 5.41) is 0. The summed E-state index contributed by atoms with van der Waals surface area (Å²) < 4.78 is 27.9. The average Bonchev–Trinajstić information content (AvgIpc) is 2.64. The second-order valence-corrected chi connectivity index (χ2v) is 6.51. The Morgan fingerprint density at radius 1 is 1.53 bits per heavy atom. The van der Waals surface area contributed by atoms with Crippen molar-refractivity contribution in [3.8, 4) is 0 Å². The Morgan fingerprint density at radius 2 is 2.29 bits per heavy atom. The van der Waals surface area contributed by atoms with E-state index < -0.39 is 10.1 Å². The zero-order valence-corrected chi connectivity index (χ0v) is 11.7. The van der Waals surface area contributed by atoms with E-state index in [2.05, 4.69) is 20.9 Å². The fourth-order valence-corrected chi connectivity index (χ4v) is 2.70. The zero-order valence-electron chi connectivity index (χ0n) is 9.34. The van der Waals surface area contributed by atoms with Crippen molar-refractivity contribution in [1.82, 2.24) is 4.98 Å². The maximum Gasteiger partial charge on any atom is 0.264 e. The van der Waals surface area contributed by atoms with E-state index in [1.54, 1.807) is 6.20 Å². The van der Waals surface area contributed by atoms with Gasteiger partial charge in [0.25, 0.3) is 10.1 Å². The van der Waals surface area contributed by atoms with E-state index >= 15 is 0 Å². The number of hydrogen-bond donors (Lipinski definition) is 0. The van der Waals surface area contributed by atoms with Crippen LogP contribution in [-0.4, -0.2) is 38.9 Å². The van der Waals surface area contributed by atoms with Gasteiger partial charge >= 0.3 is 0 Å². The summed E-state index contributed by atoms with van der Waals surface area (Å²) in [6, 6.07) is 3.81. The van der Waals surface area contributed by atoms with Crippen molar-refractivity contribution in [1.29, 1.82) is 0 Å². The third-order valence-electron chi connectivity index (χ3n) is 2.49. The molecule has 2 rings (SSSR count). The van der Waals surface area contributed by atoms with E-state index in [-0.39, 0.29) is 6.10 Å². The van der Waals surface area contributed by atoms with Gasteiger partial charge in [0.15, 0.2) is 0 Å². The van der Waals surface area contributed by atoms with Gasteiger partial charge in [-0.3, -0.25) is 4.18 Å². The van der Waals surface area contributed by atoms with Crippen LogP contribution in [0.5, 0.6) is 0 Å². The number of nitrogens with zero attached hydrogens (tertiary/aromatic N) is 2. The van der Waals surface area contributed by atoms with Crippen LogP contribution in [0.25, 0.3) is 0 Å². The van der Waals surface area contributed by atoms with Crippen LogP contribution in [0.2, 0.25) is 0 Å². The molecule has 0 N–H and O–H groups in total. The molecule has 0 radical (unpaired) electrons. The molecule has 0 bridgehead atoms. The third-order valence-corrected chi connectivity index (χ3v) is 3.58. The highest BCUT2D eigenvalue weighted by molar-refractivity contribution is 9.10. The Hall–Kier alpha value is -0.660. The molecule has 0 spiro atoms. The number of pyridine rings is 1. The molecule has 0 aliphatic carbocycles. The number of halogens is 1. The van der Waals surface area contributed by atoms with Crippen LogP contribution >= 0.6 is 15.9 Å². The lowest BCUT2D eigenvalue weighted by Gasteiger charge is -2.16.